The first-order chi connectivity index (χ1) is 11.8. The summed E-state index contributed by atoms with van der Waals surface area (Å²) in [5, 5.41) is 31.0. The summed E-state index contributed by atoms with van der Waals surface area (Å²) in [6.45, 7) is 10.0. The van der Waals surface area contributed by atoms with Crippen molar-refractivity contribution in [1.82, 2.24) is 0 Å². The van der Waals surface area contributed by atoms with Crippen molar-refractivity contribution in [2.75, 3.05) is 0 Å². The monoisotopic (exact) mass is 344 g/mol. The molecule has 0 radical (unpaired) electrons. The summed E-state index contributed by atoms with van der Waals surface area (Å²) < 4.78 is 0. The van der Waals surface area contributed by atoms with Gasteiger partial charge in [-0.05, 0) is 57.1 Å². The van der Waals surface area contributed by atoms with Crippen LogP contribution in [0.4, 0.5) is 0 Å². The van der Waals surface area contributed by atoms with Crippen LogP contribution in [0, 0.1) is 5.92 Å². The molecule has 2 atom stereocenters. The largest absolute Gasteiger partial charge is 0.507 e. The average molecular weight is 344 g/mol. The lowest BCUT2D eigenvalue weighted by Crippen LogP contribution is -2.18. The molecule has 0 saturated heterocycles. The molecule has 0 aromatic heterocycles. The van der Waals surface area contributed by atoms with Gasteiger partial charge in [-0.15, -0.1) is 0 Å². The number of benzene rings is 1. The highest BCUT2D eigenvalue weighted by Crippen LogP contribution is 2.48. The Hall–Kier alpha value is -2.23. The smallest absolute Gasteiger partial charge is 0.339 e. The third kappa shape index (κ3) is 3.89. The zero-order valence-corrected chi connectivity index (χ0v) is 15.3. The summed E-state index contributed by atoms with van der Waals surface area (Å²) in [5.74, 6) is -1.68. The fourth-order valence-corrected chi connectivity index (χ4v) is 3.76. The Morgan fingerprint density at radius 1 is 1.36 bits per heavy atom. The van der Waals surface area contributed by atoms with Crippen molar-refractivity contribution in [2.45, 2.75) is 58.8 Å². The Kier molecular flexibility index (Phi) is 5.93. The van der Waals surface area contributed by atoms with Gasteiger partial charge >= 0.3 is 5.97 Å². The zero-order valence-electron chi connectivity index (χ0n) is 15.3. The fourth-order valence-electron chi connectivity index (χ4n) is 3.76. The van der Waals surface area contributed by atoms with Crippen molar-refractivity contribution in [2.24, 2.45) is 5.92 Å². The van der Waals surface area contributed by atoms with E-state index in [0.29, 0.717) is 17.5 Å². The van der Waals surface area contributed by atoms with Gasteiger partial charge < -0.3 is 15.3 Å². The van der Waals surface area contributed by atoms with E-state index in [4.69, 9.17) is 0 Å². The molecule has 4 heteroatoms. The molecule has 1 aromatic carbocycles. The number of carboxylic acid groups (broad SMARTS) is 1. The molecule has 0 spiro atoms. The van der Waals surface area contributed by atoms with Crippen LogP contribution in [-0.4, -0.2) is 21.3 Å². The van der Waals surface area contributed by atoms with Crippen LogP contribution in [0.25, 0.3) is 0 Å². The number of rotatable bonds is 6. The summed E-state index contributed by atoms with van der Waals surface area (Å²) in [6, 6.07) is 1.52. The number of hydrogen-bond donors (Lipinski definition) is 3. The third-order valence-corrected chi connectivity index (χ3v) is 5.13. The summed E-state index contributed by atoms with van der Waals surface area (Å²) in [6.07, 6.45) is 6.06. The predicted molar refractivity (Wildman–Crippen MR) is 99.4 cm³/mol. The Morgan fingerprint density at radius 3 is 2.60 bits per heavy atom. The van der Waals surface area contributed by atoms with E-state index in [0.717, 1.165) is 31.3 Å². The maximum absolute atomic E-state index is 11.8. The molecule has 0 heterocycles. The Labute approximate surface area is 149 Å². The van der Waals surface area contributed by atoms with E-state index in [1.165, 1.54) is 11.6 Å². The number of phenols is 2. The van der Waals surface area contributed by atoms with E-state index in [1.807, 2.05) is 26.8 Å². The minimum atomic E-state index is -1.16. The van der Waals surface area contributed by atoms with Gasteiger partial charge in [0, 0.05) is 11.5 Å². The molecule has 1 aliphatic carbocycles. The van der Waals surface area contributed by atoms with E-state index in [-0.39, 0.29) is 28.9 Å². The summed E-state index contributed by atoms with van der Waals surface area (Å²) in [7, 11) is 0. The van der Waals surface area contributed by atoms with Crippen LogP contribution in [0.1, 0.15) is 73.9 Å². The molecule has 0 bridgehead atoms. The van der Waals surface area contributed by atoms with E-state index in [9.17, 15) is 20.1 Å². The van der Waals surface area contributed by atoms with Crippen molar-refractivity contribution in [3.05, 3.63) is 46.6 Å². The minimum Gasteiger partial charge on any atom is -0.507 e. The molecule has 3 N–H and O–H groups in total. The van der Waals surface area contributed by atoms with Crippen LogP contribution >= 0.6 is 0 Å². The van der Waals surface area contributed by atoms with Gasteiger partial charge in [0.1, 0.15) is 17.1 Å². The van der Waals surface area contributed by atoms with Crippen molar-refractivity contribution in [1.29, 1.82) is 0 Å². The number of carbonyl (C=O) groups is 1. The van der Waals surface area contributed by atoms with Gasteiger partial charge in [-0.3, -0.25) is 0 Å². The second-order valence-electron chi connectivity index (χ2n) is 7.13. The number of carboxylic acids is 1. The van der Waals surface area contributed by atoms with Crippen molar-refractivity contribution < 1.29 is 20.1 Å². The average Bonchev–Trinajstić information content (AvgIpc) is 2.51. The van der Waals surface area contributed by atoms with Gasteiger partial charge in [0.05, 0.1) is 0 Å². The topological polar surface area (TPSA) is 77.8 Å². The van der Waals surface area contributed by atoms with Crippen LogP contribution in [0.5, 0.6) is 11.5 Å². The lowest BCUT2D eigenvalue weighted by molar-refractivity contribution is 0.0692. The Bertz CT molecular complexity index is 715. The lowest BCUT2D eigenvalue weighted by Gasteiger charge is -2.32. The van der Waals surface area contributed by atoms with Crippen LogP contribution in [0.2, 0.25) is 0 Å². The second-order valence-corrected chi connectivity index (χ2v) is 7.13. The number of aryl methyl sites for hydroxylation is 1. The van der Waals surface area contributed by atoms with E-state index >= 15 is 0 Å². The van der Waals surface area contributed by atoms with Gasteiger partial charge in [0.25, 0.3) is 0 Å². The highest BCUT2D eigenvalue weighted by atomic mass is 16.4. The van der Waals surface area contributed by atoms with Crippen molar-refractivity contribution in [3.63, 3.8) is 0 Å². The molecule has 0 saturated carbocycles. The predicted octanol–water partition coefficient (Wildman–Crippen LogP) is 5.15. The van der Waals surface area contributed by atoms with Gasteiger partial charge in [-0.2, -0.15) is 0 Å². The Morgan fingerprint density at radius 2 is 2.04 bits per heavy atom. The first kappa shape index (κ1) is 19.1. The van der Waals surface area contributed by atoms with Crippen molar-refractivity contribution in [3.8, 4) is 11.5 Å². The first-order valence-corrected chi connectivity index (χ1v) is 8.91. The normalized spacial score (nSPS) is 20.2. The standard InChI is InChI=1S/C21H28O4/c1-5-6-7-14-11-17(22)19(20(23)18(14)21(24)25)16-10-13(4)8-9-15(16)12(2)3/h10-11,15-16,22-23H,2,5-9H2,1,3-4H3,(H,24,25)/t15-,16?/m0/s1. The molecule has 4 nitrogen and oxygen atoms in total. The number of hydrogen-bond acceptors (Lipinski definition) is 3. The second kappa shape index (κ2) is 7.77. The molecule has 0 amide bonds. The van der Waals surface area contributed by atoms with Crippen LogP contribution in [0.15, 0.2) is 29.9 Å². The third-order valence-electron chi connectivity index (χ3n) is 5.13. The van der Waals surface area contributed by atoms with Crippen molar-refractivity contribution >= 4 is 5.97 Å². The fraction of sp³-hybridized carbons (Fsp3) is 0.476. The molecule has 1 aromatic rings. The van der Waals surface area contributed by atoms with Gasteiger partial charge in [-0.1, -0.05) is 37.1 Å². The van der Waals surface area contributed by atoms with E-state index in [2.05, 4.69) is 6.58 Å². The molecule has 1 aliphatic rings. The maximum atomic E-state index is 11.8. The molecule has 0 aliphatic heterocycles. The lowest BCUT2D eigenvalue weighted by atomic mass is 9.73. The van der Waals surface area contributed by atoms with Crippen LogP contribution in [0.3, 0.4) is 0 Å². The number of aromatic carboxylic acids is 1. The SMILES string of the molecule is C=C(C)[C@@H]1CCC(C)=CC1c1c(O)cc(CCCC)c(C(=O)O)c1O. The molecule has 136 valence electrons. The Balaban J connectivity index is 2.64. The van der Waals surface area contributed by atoms with Crippen LogP contribution < -0.4 is 0 Å². The maximum Gasteiger partial charge on any atom is 0.339 e. The number of allylic oxidation sites excluding steroid dienone is 3. The van der Waals surface area contributed by atoms with Gasteiger partial charge in [0.2, 0.25) is 0 Å². The molecule has 25 heavy (non-hydrogen) atoms. The van der Waals surface area contributed by atoms with E-state index in [1.54, 1.807) is 0 Å². The minimum absolute atomic E-state index is 0.0317. The van der Waals surface area contributed by atoms with E-state index < -0.39 is 5.97 Å². The first-order valence-electron chi connectivity index (χ1n) is 8.91. The number of phenolic OH excluding ortho intramolecular Hbond substituents is 1. The number of aromatic hydroxyl groups is 2. The van der Waals surface area contributed by atoms with Gasteiger partial charge in [0.15, 0.2) is 0 Å². The molecular formula is C21H28O4. The molecular weight excluding hydrogens is 316 g/mol. The molecule has 2 rings (SSSR count). The summed E-state index contributed by atoms with van der Waals surface area (Å²) in [4.78, 5) is 11.8. The van der Waals surface area contributed by atoms with Gasteiger partial charge in [-0.25, -0.2) is 4.79 Å². The highest BCUT2D eigenvalue weighted by Gasteiger charge is 2.32. The number of unbranched alkanes of at least 4 members (excludes halogenated alkanes) is 1. The zero-order chi connectivity index (χ0) is 18.7. The molecule has 1 unspecified atom stereocenters. The quantitative estimate of drug-likeness (QED) is 0.623. The van der Waals surface area contributed by atoms with Crippen LogP contribution in [-0.2, 0) is 6.42 Å². The molecule has 0 fully saturated rings. The summed E-state index contributed by atoms with van der Waals surface area (Å²) in [5.41, 5.74) is 2.85. The summed E-state index contributed by atoms with van der Waals surface area (Å²) >= 11 is 0. The highest BCUT2D eigenvalue weighted by molar-refractivity contribution is 5.94.